The molecule has 0 aliphatic rings. The SMILES string of the molecule is CN[C@@H](CCCCNC(=O)[C@H](C)[C@H](NC)C(C)=O)C(C)=O. The third kappa shape index (κ3) is 7.34. The van der Waals surface area contributed by atoms with Gasteiger partial charge in [0.2, 0.25) is 5.91 Å². The van der Waals surface area contributed by atoms with Gasteiger partial charge in [-0.15, -0.1) is 0 Å². The molecule has 0 saturated carbocycles. The number of amides is 1. The molecule has 0 bridgehead atoms. The molecule has 0 fully saturated rings. The van der Waals surface area contributed by atoms with Crippen LogP contribution in [0.5, 0.6) is 0 Å². The highest BCUT2D eigenvalue weighted by molar-refractivity contribution is 5.89. The van der Waals surface area contributed by atoms with E-state index in [-0.39, 0.29) is 23.5 Å². The topological polar surface area (TPSA) is 87.3 Å². The number of unbranched alkanes of at least 4 members (excludes halogenated alkanes) is 1. The molecule has 6 heteroatoms. The summed E-state index contributed by atoms with van der Waals surface area (Å²) in [6, 6.07) is -0.553. The first-order valence-corrected chi connectivity index (χ1v) is 7.48. The van der Waals surface area contributed by atoms with E-state index in [0.717, 1.165) is 19.3 Å². The number of hydrogen-bond acceptors (Lipinski definition) is 5. The van der Waals surface area contributed by atoms with Crippen molar-refractivity contribution in [3.63, 3.8) is 0 Å². The summed E-state index contributed by atoms with van der Waals surface area (Å²) in [5.74, 6) is -0.428. The van der Waals surface area contributed by atoms with E-state index in [1.54, 1.807) is 27.9 Å². The molecule has 0 aromatic heterocycles. The largest absolute Gasteiger partial charge is 0.356 e. The first-order chi connectivity index (χ1) is 9.84. The van der Waals surface area contributed by atoms with E-state index in [2.05, 4.69) is 16.0 Å². The lowest BCUT2D eigenvalue weighted by Gasteiger charge is -2.20. The quantitative estimate of drug-likeness (QED) is 0.477. The predicted octanol–water partition coefficient (Wildman–Crippen LogP) is 0.263. The molecule has 0 aliphatic carbocycles. The van der Waals surface area contributed by atoms with Crippen molar-refractivity contribution in [1.82, 2.24) is 16.0 Å². The van der Waals surface area contributed by atoms with Crippen molar-refractivity contribution < 1.29 is 14.4 Å². The minimum Gasteiger partial charge on any atom is -0.356 e. The summed E-state index contributed by atoms with van der Waals surface area (Å²) in [6.45, 7) is 5.35. The number of likely N-dealkylation sites (N-methyl/N-ethyl adjacent to an activating group) is 2. The number of hydrogen-bond donors (Lipinski definition) is 3. The van der Waals surface area contributed by atoms with Crippen LogP contribution < -0.4 is 16.0 Å². The lowest BCUT2D eigenvalue weighted by atomic mass is 9.98. The van der Waals surface area contributed by atoms with Gasteiger partial charge < -0.3 is 16.0 Å². The van der Waals surface area contributed by atoms with E-state index >= 15 is 0 Å². The molecule has 0 rings (SSSR count). The lowest BCUT2D eigenvalue weighted by Crippen LogP contribution is -2.46. The monoisotopic (exact) mass is 299 g/mol. The summed E-state index contributed by atoms with van der Waals surface area (Å²) in [5, 5.41) is 8.67. The Hall–Kier alpha value is -1.27. The minimum absolute atomic E-state index is 0.0431. The van der Waals surface area contributed by atoms with E-state index in [4.69, 9.17) is 0 Å². The van der Waals surface area contributed by atoms with Crippen molar-refractivity contribution in [2.24, 2.45) is 5.92 Å². The van der Waals surface area contributed by atoms with Gasteiger partial charge >= 0.3 is 0 Å². The van der Waals surface area contributed by atoms with E-state index < -0.39 is 12.0 Å². The molecule has 0 aromatic rings. The number of Topliss-reactive ketones (excluding diaryl/α,β-unsaturated/α-hetero) is 2. The molecule has 0 radical (unpaired) electrons. The minimum atomic E-state index is -0.448. The Morgan fingerprint density at radius 1 is 0.952 bits per heavy atom. The van der Waals surface area contributed by atoms with Gasteiger partial charge in [-0.05, 0) is 47.2 Å². The molecule has 0 aromatic carbocycles. The van der Waals surface area contributed by atoms with E-state index in [9.17, 15) is 14.4 Å². The second-order valence-corrected chi connectivity index (χ2v) is 5.40. The van der Waals surface area contributed by atoms with Crippen LogP contribution in [0.15, 0.2) is 0 Å². The van der Waals surface area contributed by atoms with Crippen LogP contribution in [0.3, 0.4) is 0 Å². The first kappa shape index (κ1) is 19.7. The van der Waals surface area contributed by atoms with Gasteiger partial charge in [-0.25, -0.2) is 0 Å². The van der Waals surface area contributed by atoms with Gasteiger partial charge in [0.1, 0.15) is 11.6 Å². The third-order valence-electron chi connectivity index (χ3n) is 3.72. The van der Waals surface area contributed by atoms with Crippen LogP contribution in [0.25, 0.3) is 0 Å². The summed E-state index contributed by atoms with van der Waals surface area (Å²) >= 11 is 0. The smallest absolute Gasteiger partial charge is 0.224 e. The van der Waals surface area contributed by atoms with Gasteiger partial charge in [0.15, 0.2) is 0 Å². The maximum atomic E-state index is 11.9. The van der Waals surface area contributed by atoms with Crippen molar-refractivity contribution in [2.45, 2.75) is 52.1 Å². The molecule has 0 aliphatic heterocycles. The Bertz CT molecular complexity index is 358. The van der Waals surface area contributed by atoms with Crippen LogP contribution in [-0.2, 0) is 14.4 Å². The summed E-state index contributed by atoms with van der Waals surface area (Å²) in [6.07, 6.45) is 2.44. The molecule has 0 spiro atoms. The van der Waals surface area contributed by atoms with E-state index in [1.807, 2.05) is 0 Å². The zero-order valence-corrected chi connectivity index (χ0v) is 13.8. The summed E-state index contributed by atoms with van der Waals surface area (Å²) < 4.78 is 0. The molecule has 21 heavy (non-hydrogen) atoms. The Labute approximate surface area is 127 Å². The maximum Gasteiger partial charge on any atom is 0.224 e. The van der Waals surface area contributed by atoms with Crippen molar-refractivity contribution in [1.29, 1.82) is 0 Å². The van der Waals surface area contributed by atoms with Crippen molar-refractivity contribution in [3.05, 3.63) is 0 Å². The number of nitrogens with one attached hydrogen (secondary N) is 3. The number of carbonyl (C=O) groups is 3. The second-order valence-electron chi connectivity index (χ2n) is 5.40. The Morgan fingerprint density at radius 3 is 2.00 bits per heavy atom. The molecule has 0 unspecified atom stereocenters. The van der Waals surface area contributed by atoms with Gasteiger partial charge in [-0.1, -0.05) is 6.92 Å². The highest BCUT2D eigenvalue weighted by Crippen LogP contribution is 2.05. The van der Waals surface area contributed by atoms with Gasteiger partial charge in [0.25, 0.3) is 0 Å². The van der Waals surface area contributed by atoms with Crippen molar-refractivity contribution in [2.75, 3.05) is 20.6 Å². The number of ketones is 2. The average molecular weight is 299 g/mol. The maximum absolute atomic E-state index is 11.9. The van der Waals surface area contributed by atoms with Gasteiger partial charge in [0.05, 0.1) is 18.0 Å². The highest BCUT2D eigenvalue weighted by atomic mass is 16.2. The molecular formula is C15H29N3O3. The summed E-state index contributed by atoms with van der Waals surface area (Å²) in [5.41, 5.74) is 0. The Morgan fingerprint density at radius 2 is 1.57 bits per heavy atom. The molecule has 3 atom stereocenters. The molecule has 0 saturated heterocycles. The van der Waals surface area contributed by atoms with Crippen molar-refractivity contribution in [3.8, 4) is 0 Å². The fraction of sp³-hybridized carbons (Fsp3) is 0.800. The summed E-state index contributed by atoms with van der Waals surface area (Å²) in [7, 11) is 3.45. The average Bonchev–Trinajstić information content (AvgIpc) is 2.42. The van der Waals surface area contributed by atoms with Crippen molar-refractivity contribution >= 4 is 17.5 Å². The van der Waals surface area contributed by atoms with Crippen LogP contribution >= 0.6 is 0 Å². The van der Waals surface area contributed by atoms with Crippen LogP contribution in [0.1, 0.15) is 40.0 Å². The summed E-state index contributed by atoms with van der Waals surface area (Å²) in [4.78, 5) is 34.6. The molecule has 3 N–H and O–H groups in total. The number of rotatable bonds is 11. The zero-order chi connectivity index (χ0) is 16.4. The normalized spacial score (nSPS) is 15.1. The van der Waals surface area contributed by atoms with Gasteiger partial charge in [0, 0.05) is 6.54 Å². The van der Waals surface area contributed by atoms with E-state index in [1.165, 1.54) is 6.92 Å². The lowest BCUT2D eigenvalue weighted by molar-refractivity contribution is -0.130. The van der Waals surface area contributed by atoms with Crippen LogP contribution in [0.2, 0.25) is 0 Å². The van der Waals surface area contributed by atoms with E-state index in [0.29, 0.717) is 6.54 Å². The first-order valence-electron chi connectivity index (χ1n) is 7.48. The second kappa shape index (κ2) is 10.5. The fourth-order valence-electron chi connectivity index (χ4n) is 2.35. The fourth-order valence-corrected chi connectivity index (χ4v) is 2.35. The Kier molecular flexibility index (Phi) is 9.82. The molecule has 122 valence electrons. The molecule has 6 nitrogen and oxygen atoms in total. The van der Waals surface area contributed by atoms with Crippen LogP contribution in [0.4, 0.5) is 0 Å². The Balaban J connectivity index is 3.99. The van der Waals surface area contributed by atoms with Crippen LogP contribution in [-0.4, -0.2) is 50.2 Å². The van der Waals surface area contributed by atoms with Gasteiger partial charge in [-0.2, -0.15) is 0 Å². The standard InChI is InChI=1S/C15H29N3O3/c1-10(14(17-5)12(3)20)15(21)18-9-7-6-8-13(16-4)11(2)19/h10,13-14,16-17H,6-9H2,1-5H3,(H,18,21)/t10-,13+,14+/m1/s1. The number of carbonyl (C=O) groups excluding carboxylic acids is 3. The van der Waals surface area contributed by atoms with Crippen LogP contribution in [0, 0.1) is 5.92 Å². The zero-order valence-electron chi connectivity index (χ0n) is 13.8. The molecule has 1 amide bonds. The molecular weight excluding hydrogens is 270 g/mol. The third-order valence-corrected chi connectivity index (χ3v) is 3.72. The molecule has 0 heterocycles. The van der Waals surface area contributed by atoms with Gasteiger partial charge in [-0.3, -0.25) is 14.4 Å². The highest BCUT2D eigenvalue weighted by Gasteiger charge is 2.25. The predicted molar refractivity (Wildman–Crippen MR) is 83.1 cm³/mol.